The van der Waals surface area contributed by atoms with Crippen molar-refractivity contribution in [2.75, 3.05) is 0 Å². The Kier molecular flexibility index (Phi) is 6.71. The number of esters is 1. The van der Waals surface area contributed by atoms with Crippen LogP contribution in [0.15, 0.2) is 47.3 Å². The lowest BCUT2D eigenvalue weighted by atomic mass is 9.88. The molecule has 2 aliphatic rings. The predicted octanol–water partition coefficient (Wildman–Crippen LogP) is 3.63. The molecule has 2 aromatic rings. The van der Waals surface area contributed by atoms with E-state index in [9.17, 15) is 19.7 Å². The Bertz CT molecular complexity index is 1190. The second-order valence-corrected chi connectivity index (χ2v) is 9.43. The van der Waals surface area contributed by atoms with Crippen LogP contribution in [0.1, 0.15) is 37.5 Å². The standard InChI is InChI=1S/C22H22N4O6S2/c1-4-16-18(22(33)31-11-13-5-7-15(8-6-13)26(29)30)25-20(28)17(21(25)34-16)19(32-12(2)27)14-9-23-24(3)10-14/h5-10,17,19,21H,4,11H2,1-3H3/t17?,19?,21-/m1/s1. The Morgan fingerprint density at radius 1 is 1.35 bits per heavy atom. The van der Waals surface area contributed by atoms with Crippen LogP contribution in [0, 0.1) is 16.0 Å². The number of aromatic nitrogens is 2. The number of hydrogen-bond acceptors (Lipinski definition) is 9. The molecule has 178 valence electrons. The van der Waals surface area contributed by atoms with Gasteiger partial charge in [-0.3, -0.25) is 29.3 Å². The van der Waals surface area contributed by atoms with Crippen LogP contribution in [0.3, 0.4) is 0 Å². The third kappa shape index (κ3) is 4.42. The average molecular weight is 503 g/mol. The average Bonchev–Trinajstić information content (AvgIpc) is 3.38. The minimum atomic E-state index is -0.750. The SMILES string of the molecule is CCC1=C(C(=S)OCc2ccc([N+](=O)[O-])cc2)N2C(=O)C(C(OC(C)=O)c3cnn(C)c3)[C@H]2S1. The molecular weight excluding hydrogens is 480 g/mol. The number of non-ortho nitro benzene ring substituents is 1. The molecular formula is C22H22N4O6S2. The number of carbonyl (C=O) groups is 2. The number of nitro benzene ring substituents is 1. The Labute approximate surface area is 205 Å². The number of carbonyl (C=O) groups excluding carboxylic acids is 2. The van der Waals surface area contributed by atoms with E-state index < -0.39 is 22.9 Å². The third-order valence-electron chi connectivity index (χ3n) is 5.56. The largest absolute Gasteiger partial charge is 0.477 e. The molecule has 3 heterocycles. The second-order valence-electron chi connectivity index (χ2n) is 7.84. The van der Waals surface area contributed by atoms with Crippen LogP contribution in [-0.4, -0.2) is 41.9 Å². The summed E-state index contributed by atoms with van der Waals surface area (Å²) in [6.07, 6.45) is 3.23. The molecule has 0 N–H and O–H groups in total. The number of nitrogens with zero attached hydrogens (tertiary/aromatic N) is 4. The van der Waals surface area contributed by atoms with Gasteiger partial charge >= 0.3 is 5.97 Å². The summed E-state index contributed by atoms with van der Waals surface area (Å²) in [5, 5.41) is 14.9. The fourth-order valence-corrected chi connectivity index (χ4v) is 5.80. The van der Waals surface area contributed by atoms with Crippen molar-refractivity contribution in [2.24, 2.45) is 13.0 Å². The Morgan fingerprint density at radius 3 is 2.62 bits per heavy atom. The number of nitro groups is 1. The van der Waals surface area contributed by atoms with Gasteiger partial charge in [0.2, 0.25) is 11.0 Å². The smallest absolute Gasteiger partial charge is 0.303 e. The number of benzene rings is 1. The van der Waals surface area contributed by atoms with E-state index in [1.54, 1.807) is 41.2 Å². The van der Waals surface area contributed by atoms with Crippen LogP contribution in [0.5, 0.6) is 0 Å². The van der Waals surface area contributed by atoms with Gasteiger partial charge in [0.1, 0.15) is 29.7 Å². The number of thiocarbonyl (C=S) groups is 1. The number of allylic oxidation sites excluding steroid dienone is 1. The summed E-state index contributed by atoms with van der Waals surface area (Å²) in [6.45, 7) is 3.40. The number of amides is 1. The van der Waals surface area contributed by atoms with Crippen molar-refractivity contribution >= 4 is 46.6 Å². The summed E-state index contributed by atoms with van der Waals surface area (Å²) in [5.74, 6) is -1.25. The molecule has 1 amide bonds. The zero-order chi connectivity index (χ0) is 24.6. The van der Waals surface area contributed by atoms with Crippen LogP contribution < -0.4 is 0 Å². The van der Waals surface area contributed by atoms with E-state index in [0.717, 1.165) is 4.91 Å². The van der Waals surface area contributed by atoms with Crippen molar-refractivity contribution in [3.8, 4) is 0 Å². The van der Waals surface area contributed by atoms with Gasteiger partial charge in [-0.1, -0.05) is 6.92 Å². The Hall–Kier alpha value is -3.25. The molecule has 1 aromatic carbocycles. The van der Waals surface area contributed by atoms with Gasteiger partial charge in [0, 0.05) is 42.8 Å². The monoisotopic (exact) mass is 502 g/mol. The fraction of sp³-hybridized carbons (Fsp3) is 0.364. The molecule has 2 unspecified atom stereocenters. The maximum absolute atomic E-state index is 13.3. The molecule has 10 nitrogen and oxygen atoms in total. The van der Waals surface area contributed by atoms with Crippen molar-refractivity contribution in [3.63, 3.8) is 0 Å². The van der Waals surface area contributed by atoms with E-state index in [1.807, 2.05) is 6.92 Å². The van der Waals surface area contributed by atoms with E-state index >= 15 is 0 Å². The zero-order valence-electron chi connectivity index (χ0n) is 18.7. The molecule has 4 rings (SSSR count). The van der Waals surface area contributed by atoms with Crippen LogP contribution in [0.4, 0.5) is 5.69 Å². The number of fused-ring (bicyclic) bond motifs is 1. The number of aryl methyl sites for hydroxylation is 1. The molecule has 3 atom stereocenters. The molecule has 0 bridgehead atoms. The van der Waals surface area contributed by atoms with Gasteiger partial charge in [-0.2, -0.15) is 5.10 Å². The van der Waals surface area contributed by atoms with Gasteiger partial charge in [0.25, 0.3) is 5.69 Å². The van der Waals surface area contributed by atoms with Crippen LogP contribution in [0.2, 0.25) is 0 Å². The first-order chi connectivity index (χ1) is 16.2. The highest BCUT2D eigenvalue weighted by atomic mass is 32.2. The molecule has 0 spiro atoms. The molecule has 12 heteroatoms. The number of ether oxygens (including phenoxy) is 2. The van der Waals surface area contributed by atoms with E-state index in [2.05, 4.69) is 5.10 Å². The minimum Gasteiger partial charge on any atom is -0.477 e. The third-order valence-corrected chi connectivity index (χ3v) is 7.38. The lowest BCUT2D eigenvalue weighted by molar-refractivity contribution is -0.384. The highest BCUT2D eigenvalue weighted by molar-refractivity contribution is 8.04. The maximum atomic E-state index is 13.3. The molecule has 0 saturated carbocycles. The maximum Gasteiger partial charge on any atom is 0.303 e. The van der Waals surface area contributed by atoms with Crippen molar-refractivity contribution in [1.82, 2.24) is 14.7 Å². The number of β-lactam (4-membered cyclic amide) rings is 1. The normalized spacial score (nSPS) is 20.0. The lowest BCUT2D eigenvalue weighted by Crippen LogP contribution is -2.59. The van der Waals surface area contributed by atoms with E-state index in [0.29, 0.717) is 23.2 Å². The van der Waals surface area contributed by atoms with Gasteiger partial charge in [0.05, 0.1) is 11.1 Å². The van der Waals surface area contributed by atoms with Crippen molar-refractivity contribution in [1.29, 1.82) is 0 Å². The Morgan fingerprint density at radius 2 is 2.06 bits per heavy atom. The number of thioether (sulfide) groups is 1. The van der Waals surface area contributed by atoms with E-state index in [1.165, 1.54) is 30.8 Å². The van der Waals surface area contributed by atoms with Crippen LogP contribution >= 0.6 is 24.0 Å². The quantitative estimate of drug-likeness (QED) is 0.175. The molecule has 0 aliphatic carbocycles. The van der Waals surface area contributed by atoms with Gasteiger partial charge in [-0.25, -0.2) is 0 Å². The molecule has 1 saturated heterocycles. The van der Waals surface area contributed by atoms with Crippen LogP contribution in [-0.2, 0) is 32.7 Å². The summed E-state index contributed by atoms with van der Waals surface area (Å²) in [6, 6.07) is 6.00. The lowest BCUT2D eigenvalue weighted by Gasteiger charge is -2.45. The minimum absolute atomic E-state index is 0.00879. The fourth-order valence-electron chi connectivity index (χ4n) is 3.97. The predicted molar refractivity (Wildman–Crippen MR) is 127 cm³/mol. The van der Waals surface area contributed by atoms with Gasteiger partial charge in [-0.05, 0) is 36.3 Å². The molecule has 34 heavy (non-hydrogen) atoms. The van der Waals surface area contributed by atoms with Crippen LogP contribution in [0.25, 0.3) is 0 Å². The van der Waals surface area contributed by atoms with Gasteiger partial charge in [0.15, 0.2) is 0 Å². The zero-order valence-corrected chi connectivity index (χ0v) is 20.3. The van der Waals surface area contributed by atoms with Crippen molar-refractivity contribution < 1.29 is 24.0 Å². The second kappa shape index (κ2) is 9.55. The topological polar surface area (TPSA) is 117 Å². The summed E-state index contributed by atoms with van der Waals surface area (Å²) in [5.41, 5.74) is 1.92. The summed E-state index contributed by atoms with van der Waals surface area (Å²) >= 11 is 7.03. The first-order valence-electron chi connectivity index (χ1n) is 10.5. The first kappa shape index (κ1) is 23.9. The van der Waals surface area contributed by atoms with E-state index in [-0.39, 0.29) is 28.6 Å². The van der Waals surface area contributed by atoms with Gasteiger partial charge in [-0.15, -0.1) is 11.8 Å². The summed E-state index contributed by atoms with van der Waals surface area (Å²) in [7, 11) is 1.75. The molecule has 1 fully saturated rings. The highest BCUT2D eigenvalue weighted by Gasteiger charge is 2.59. The van der Waals surface area contributed by atoms with Gasteiger partial charge < -0.3 is 9.47 Å². The van der Waals surface area contributed by atoms with Crippen molar-refractivity contribution in [2.45, 2.75) is 38.4 Å². The summed E-state index contributed by atoms with van der Waals surface area (Å²) < 4.78 is 12.9. The molecule has 0 radical (unpaired) electrons. The number of rotatable bonds is 8. The molecule has 1 aromatic heterocycles. The molecule has 2 aliphatic heterocycles. The Balaban J connectivity index is 1.49. The first-order valence-corrected chi connectivity index (χ1v) is 11.8. The van der Waals surface area contributed by atoms with Crippen molar-refractivity contribution in [3.05, 3.63) is 68.5 Å². The van der Waals surface area contributed by atoms with E-state index in [4.69, 9.17) is 21.7 Å². The number of hydrogen-bond donors (Lipinski definition) is 0. The highest BCUT2D eigenvalue weighted by Crippen LogP contribution is 2.54. The summed E-state index contributed by atoms with van der Waals surface area (Å²) in [4.78, 5) is 37.9.